The van der Waals surface area contributed by atoms with Gasteiger partial charge in [0.15, 0.2) is 0 Å². The van der Waals surface area contributed by atoms with Gasteiger partial charge in [-0.1, -0.05) is 98.9 Å². The van der Waals surface area contributed by atoms with Gasteiger partial charge in [0.1, 0.15) is 66.7 Å². The van der Waals surface area contributed by atoms with Gasteiger partial charge in [0, 0.05) is 13.1 Å². The Labute approximate surface area is 553 Å². The molecule has 494 valence electrons. The molecule has 2 aliphatic heterocycles. The van der Waals surface area contributed by atoms with Crippen molar-refractivity contribution in [1.82, 2.24) is 62.1 Å². The zero-order valence-corrected chi connectivity index (χ0v) is 55.5. The van der Waals surface area contributed by atoms with Crippen molar-refractivity contribution < 1.29 is 82.7 Å². The average Bonchev–Trinajstić information content (AvgIpc) is 0.938. The fraction of sp³-hybridized carbons (Fsp3) is 0.533. The van der Waals surface area contributed by atoms with Gasteiger partial charge in [0.25, 0.3) is 22.9 Å². The molecule has 2 saturated heterocycles. The molecule has 6 rings (SSSR count). The molecule has 0 spiro atoms. The van der Waals surface area contributed by atoms with Crippen LogP contribution in [0.1, 0.15) is 144 Å². The number of carboxylic acids is 1. The zero-order chi connectivity index (χ0) is 66.6. The molecule has 2 aromatic carbocycles. The molecule has 31 heteroatoms. The number of H-pyrrole nitrogens is 2. The van der Waals surface area contributed by atoms with E-state index in [1.807, 2.05) is 0 Å². The molecule has 4 heterocycles. The summed E-state index contributed by atoms with van der Waals surface area (Å²) < 4.78 is 3.25. The number of carboxylic acid groups (broad SMARTS) is 1. The van der Waals surface area contributed by atoms with E-state index >= 15 is 0 Å². The number of benzene rings is 2. The van der Waals surface area contributed by atoms with Gasteiger partial charge in [-0.05, 0) is 128 Å². The first kappa shape index (κ1) is 78.5. The maximum Gasteiger partial charge on any atom is 1.00 e. The number of ether oxygens (including phenoxy) is 1. The first-order valence-electron chi connectivity index (χ1n) is 29.1. The SMILES string of the molecule is CC(C)[C@H](NC(=O)C(C)(C)/C=C/c1ccc2c(=O)[nH]c([C@@H](C)O)nc2c1)C(=O)N[C@@H](C)C(=O)N1CCC[C@@H](C(=O)O)N1.CC(C)[C@H](NC(=O)C(C)(C)/C=C/c1ccc2c(=O)[nH]c([C@@H](C)O)nc2c1)C(=O)N[C@@H](C)C(=O)N1CCC[C@@H](C(=O)OCC(Cl)(Cl)Cl)N1.[Li+].[OH-]. The number of aliphatic carboxylic acids is 1. The van der Waals surface area contributed by atoms with E-state index in [4.69, 9.17) is 39.5 Å². The van der Waals surface area contributed by atoms with Gasteiger partial charge in [0.05, 0.1) is 32.6 Å². The second-order valence-corrected chi connectivity index (χ2v) is 26.5. The van der Waals surface area contributed by atoms with Crippen molar-refractivity contribution in [3.63, 3.8) is 0 Å². The van der Waals surface area contributed by atoms with Crippen molar-refractivity contribution in [3.8, 4) is 0 Å². The van der Waals surface area contributed by atoms with Gasteiger partial charge in [0.2, 0.25) is 27.4 Å². The van der Waals surface area contributed by atoms with E-state index in [2.05, 4.69) is 52.1 Å². The number of rotatable bonds is 21. The summed E-state index contributed by atoms with van der Waals surface area (Å²) in [4.78, 5) is 141. The summed E-state index contributed by atoms with van der Waals surface area (Å²) in [7, 11) is 0. The minimum atomic E-state index is -1.77. The molecule has 0 bridgehead atoms. The van der Waals surface area contributed by atoms with E-state index in [1.165, 1.54) is 37.7 Å². The Bertz CT molecular complexity index is 3460. The average molecular weight is 1320 g/mol. The Kier molecular flexibility index (Phi) is 29.1. The van der Waals surface area contributed by atoms with E-state index in [-0.39, 0.29) is 58.9 Å². The number of aromatic amines is 2. The summed E-state index contributed by atoms with van der Waals surface area (Å²) in [6.45, 7) is 20.0. The predicted octanol–water partition coefficient (Wildman–Crippen LogP) is 1.14. The quantitative estimate of drug-likeness (QED) is 0.0316. The molecule has 91 heavy (non-hydrogen) atoms. The van der Waals surface area contributed by atoms with E-state index in [0.29, 0.717) is 71.7 Å². The number of nitrogens with one attached hydrogen (secondary N) is 8. The molecule has 0 saturated carbocycles. The van der Waals surface area contributed by atoms with Crippen molar-refractivity contribution in [2.45, 2.75) is 161 Å². The first-order valence-corrected chi connectivity index (χ1v) is 30.2. The van der Waals surface area contributed by atoms with E-state index in [9.17, 15) is 63.3 Å². The minimum absolute atomic E-state index is 0. The fourth-order valence-corrected chi connectivity index (χ4v) is 9.29. The number of aliphatic hydroxyl groups excluding tert-OH is 2. The number of carbonyl (C=O) groups is 8. The van der Waals surface area contributed by atoms with Crippen molar-refractivity contribution in [2.24, 2.45) is 22.7 Å². The molecular weight excluding hydrogens is 1240 g/mol. The smallest absolute Gasteiger partial charge is 0.870 e. The monoisotopic (exact) mass is 1320 g/mol. The number of aliphatic hydroxyl groups is 2. The van der Waals surface area contributed by atoms with Crippen LogP contribution in [-0.2, 0) is 43.1 Å². The van der Waals surface area contributed by atoms with Crippen LogP contribution in [0.4, 0.5) is 0 Å². The third-order valence-electron chi connectivity index (χ3n) is 14.6. The largest absolute Gasteiger partial charge is 1.00 e. The number of hydrogen-bond donors (Lipinski definition) is 11. The van der Waals surface area contributed by atoms with E-state index in [0.717, 1.165) is 0 Å². The Hall–Kier alpha value is -6.77. The van der Waals surface area contributed by atoms with Gasteiger partial charge in [-0.3, -0.25) is 58.0 Å². The Morgan fingerprint density at radius 2 is 1.01 bits per heavy atom. The summed E-state index contributed by atoms with van der Waals surface area (Å²) in [6.07, 6.45) is 6.68. The number of alkyl halides is 3. The number of amides is 6. The molecule has 6 amide bonds. The van der Waals surface area contributed by atoms with Gasteiger partial charge in [-0.25, -0.2) is 20.8 Å². The molecule has 2 aliphatic rings. The predicted molar refractivity (Wildman–Crippen MR) is 337 cm³/mol. The van der Waals surface area contributed by atoms with Gasteiger partial charge in [-0.15, -0.1) is 0 Å². The number of esters is 1. The molecule has 27 nitrogen and oxygen atoms in total. The molecule has 0 radical (unpaired) electrons. The summed E-state index contributed by atoms with van der Waals surface area (Å²) in [5, 5.41) is 43.0. The van der Waals surface area contributed by atoms with Crippen molar-refractivity contribution in [3.05, 3.63) is 92.0 Å². The standard InChI is InChI=1S/C31H41Cl3N6O7.C29H40N6O7.Li.H2O/c1-16(2)23(26(43)35-17(3)27(44)40-13-7-8-21(39-40)28(45)47-15-31(32,33)34)37-29(46)30(5,6)12-11-19-9-10-20-22(14-19)36-24(18(4)41)38-25(20)42;1-15(2)22(25(38)30-16(3)26(39)35-13-7-8-20(34-35)27(40)41)32-28(42)29(5,6)12-11-18-9-10-19-21(14-18)31-23(17(4)36)33-24(19)37;;/h9-12,14,16-18,21,23,39,41H,7-8,13,15H2,1-6H3,(H,35,43)(H,37,46)(H,36,38,42);9-12,14-17,20,22,34,36H,7-8,13H2,1-6H3,(H,30,38)(H,32,42)(H,40,41)(H,31,33,37);;1H2/q;;+1;/p-1/b2*12-11+;;/t17-,18+,21-,23-;16-,17+,20-,22-;;/m00../s1. The summed E-state index contributed by atoms with van der Waals surface area (Å²) >= 11 is 16.9. The second-order valence-electron chi connectivity index (χ2n) is 24.0. The Balaban J connectivity index is 0.000000468. The van der Waals surface area contributed by atoms with Crippen molar-refractivity contribution in [1.29, 1.82) is 0 Å². The van der Waals surface area contributed by atoms with Crippen LogP contribution in [0.3, 0.4) is 0 Å². The molecule has 0 unspecified atom stereocenters. The zero-order valence-electron chi connectivity index (χ0n) is 53.2. The van der Waals surface area contributed by atoms with Gasteiger partial charge < -0.3 is 56.8 Å². The van der Waals surface area contributed by atoms with Crippen molar-refractivity contribution in [2.75, 3.05) is 19.7 Å². The molecule has 0 aliphatic carbocycles. The van der Waals surface area contributed by atoms with Crippen LogP contribution in [0.2, 0.25) is 0 Å². The summed E-state index contributed by atoms with van der Waals surface area (Å²) in [5.41, 5.74) is 4.80. The third kappa shape index (κ3) is 22.2. The molecular formula is C60H82Cl3LiN12O15. The molecule has 8 atom stereocenters. The molecule has 4 aromatic rings. The van der Waals surface area contributed by atoms with Crippen molar-refractivity contribution >= 4 is 116 Å². The number of aromatic nitrogens is 4. The van der Waals surface area contributed by atoms with Crippen LogP contribution in [0.15, 0.2) is 58.1 Å². The third-order valence-corrected chi connectivity index (χ3v) is 15.0. The summed E-state index contributed by atoms with van der Waals surface area (Å²) in [5.74, 6) is -4.94. The Morgan fingerprint density at radius 3 is 1.36 bits per heavy atom. The number of carbonyl (C=O) groups excluding carboxylic acids is 7. The van der Waals surface area contributed by atoms with Crippen LogP contribution in [-0.4, -0.2) is 158 Å². The van der Waals surface area contributed by atoms with Crippen LogP contribution in [0, 0.1) is 22.7 Å². The fourth-order valence-electron chi connectivity index (χ4n) is 9.13. The van der Waals surface area contributed by atoms with Crippen LogP contribution in [0.25, 0.3) is 34.0 Å². The maximum absolute atomic E-state index is 13.4. The number of nitrogens with zero attached hydrogens (tertiary/aromatic N) is 4. The second kappa shape index (κ2) is 33.7. The molecule has 12 N–H and O–H groups in total. The molecule has 2 aromatic heterocycles. The van der Waals surface area contributed by atoms with Gasteiger partial charge >= 0.3 is 30.8 Å². The van der Waals surface area contributed by atoms with Gasteiger partial charge in [-0.2, -0.15) is 0 Å². The van der Waals surface area contributed by atoms with Crippen LogP contribution >= 0.6 is 34.8 Å². The van der Waals surface area contributed by atoms with E-state index in [1.54, 1.807) is 116 Å². The first-order chi connectivity index (χ1) is 41.4. The number of hydrazine groups is 2. The Morgan fingerprint density at radius 1 is 0.637 bits per heavy atom. The van der Waals surface area contributed by atoms with Crippen LogP contribution in [0.5, 0.6) is 0 Å². The topological polar surface area (TPSA) is 407 Å². The minimum Gasteiger partial charge on any atom is -0.870 e. The van der Waals surface area contributed by atoms with E-state index < -0.39 is 117 Å². The number of halogens is 3. The number of fused-ring (bicyclic) bond motifs is 2. The maximum atomic E-state index is 13.4. The van der Waals surface area contributed by atoms with Crippen LogP contribution < -0.4 is 62.1 Å². The molecule has 2 fully saturated rings. The summed E-state index contributed by atoms with van der Waals surface area (Å²) in [6, 6.07) is 4.46. The normalized spacial score (nSPS) is 17.5. The number of hydrogen-bond acceptors (Lipinski definition) is 18.